The highest BCUT2D eigenvalue weighted by atomic mass is 35.5. The van der Waals surface area contributed by atoms with Crippen LogP contribution in [-0.4, -0.2) is 23.9 Å². The molecule has 0 saturated carbocycles. The van der Waals surface area contributed by atoms with Gasteiger partial charge in [0.2, 0.25) is 0 Å². The molecular formula is C10H10ClF4NO. The Morgan fingerprint density at radius 2 is 2.00 bits per heavy atom. The van der Waals surface area contributed by atoms with Crippen LogP contribution in [0.5, 0.6) is 0 Å². The van der Waals surface area contributed by atoms with E-state index in [9.17, 15) is 17.6 Å². The average molecular weight is 272 g/mol. The summed E-state index contributed by atoms with van der Waals surface area (Å²) in [6, 6.07) is 4.22. The standard InChI is InChI=1S/C10H10ClF4NO/c11-7-3-1-2-6(9(7)12)4-16-5-8(17)10(13,14)15/h1-3,8,16-17H,4-5H2. The molecule has 0 radical (unpaired) electrons. The summed E-state index contributed by atoms with van der Waals surface area (Å²) in [4.78, 5) is 0. The second-order valence-electron chi connectivity index (χ2n) is 3.40. The average Bonchev–Trinajstić information content (AvgIpc) is 2.22. The van der Waals surface area contributed by atoms with Crippen molar-refractivity contribution in [3.8, 4) is 0 Å². The summed E-state index contributed by atoms with van der Waals surface area (Å²) in [6.07, 6.45) is -7.15. The van der Waals surface area contributed by atoms with Gasteiger partial charge < -0.3 is 10.4 Å². The van der Waals surface area contributed by atoms with Gasteiger partial charge in [-0.15, -0.1) is 0 Å². The number of aliphatic hydroxyl groups excluding tert-OH is 1. The van der Waals surface area contributed by atoms with Crippen LogP contribution in [0.3, 0.4) is 0 Å². The van der Waals surface area contributed by atoms with E-state index in [1.807, 2.05) is 0 Å². The van der Waals surface area contributed by atoms with Gasteiger partial charge in [0.15, 0.2) is 6.10 Å². The predicted octanol–water partition coefficient (Wildman–Crippen LogP) is 2.49. The van der Waals surface area contributed by atoms with Crippen molar-refractivity contribution in [1.82, 2.24) is 5.32 Å². The first-order chi connectivity index (χ1) is 7.82. The van der Waals surface area contributed by atoms with Crippen molar-refractivity contribution >= 4 is 11.6 Å². The van der Waals surface area contributed by atoms with Gasteiger partial charge in [0.25, 0.3) is 0 Å². The number of hydrogen-bond donors (Lipinski definition) is 2. The molecule has 2 nitrogen and oxygen atoms in total. The fourth-order valence-electron chi connectivity index (χ4n) is 1.14. The van der Waals surface area contributed by atoms with Crippen LogP contribution in [0.4, 0.5) is 17.6 Å². The van der Waals surface area contributed by atoms with E-state index in [1.54, 1.807) is 0 Å². The molecule has 0 fully saturated rings. The molecular weight excluding hydrogens is 262 g/mol. The van der Waals surface area contributed by atoms with E-state index >= 15 is 0 Å². The van der Waals surface area contributed by atoms with Crippen molar-refractivity contribution in [2.75, 3.05) is 6.54 Å². The van der Waals surface area contributed by atoms with E-state index in [1.165, 1.54) is 18.2 Å². The summed E-state index contributed by atoms with van der Waals surface area (Å²) in [5, 5.41) is 10.9. The number of halogens is 5. The Morgan fingerprint density at radius 3 is 2.59 bits per heavy atom. The highest BCUT2D eigenvalue weighted by Crippen LogP contribution is 2.20. The minimum absolute atomic E-state index is 0.0966. The zero-order chi connectivity index (χ0) is 13.1. The van der Waals surface area contributed by atoms with E-state index in [-0.39, 0.29) is 17.1 Å². The highest BCUT2D eigenvalue weighted by molar-refractivity contribution is 6.30. The third kappa shape index (κ3) is 4.14. The lowest BCUT2D eigenvalue weighted by Gasteiger charge is -2.15. The fraction of sp³-hybridized carbons (Fsp3) is 0.400. The Kier molecular flexibility index (Phi) is 4.73. The zero-order valence-electron chi connectivity index (χ0n) is 8.56. The lowest BCUT2D eigenvalue weighted by molar-refractivity contribution is -0.201. The van der Waals surface area contributed by atoms with Crippen molar-refractivity contribution in [2.45, 2.75) is 18.8 Å². The highest BCUT2D eigenvalue weighted by Gasteiger charge is 2.37. The number of nitrogens with one attached hydrogen (secondary N) is 1. The maximum Gasteiger partial charge on any atom is 0.415 e. The number of rotatable bonds is 4. The molecule has 96 valence electrons. The van der Waals surface area contributed by atoms with Gasteiger partial charge >= 0.3 is 6.18 Å². The van der Waals surface area contributed by atoms with Crippen molar-refractivity contribution in [3.63, 3.8) is 0 Å². The maximum atomic E-state index is 13.3. The minimum atomic E-state index is -4.68. The van der Waals surface area contributed by atoms with Crippen LogP contribution in [0.15, 0.2) is 18.2 Å². The molecule has 0 aliphatic carbocycles. The van der Waals surface area contributed by atoms with Crippen molar-refractivity contribution in [2.24, 2.45) is 0 Å². The zero-order valence-corrected chi connectivity index (χ0v) is 9.32. The summed E-state index contributed by atoms with van der Waals surface area (Å²) >= 11 is 5.50. The van der Waals surface area contributed by atoms with Gasteiger partial charge in [0, 0.05) is 18.7 Å². The van der Waals surface area contributed by atoms with Crippen LogP contribution in [0.1, 0.15) is 5.56 Å². The van der Waals surface area contributed by atoms with Gasteiger partial charge in [0.05, 0.1) is 5.02 Å². The molecule has 1 atom stereocenters. The Labute approximate surface area is 100 Å². The van der Waals surface area contributed by atoms with E-state index in [2.05, 4.69) is 5.32 Å². The lowest BCUT2D eigenvalue weighted by atomic mass is 10.2. The first kappa shape index (κ1) is 14.2. The Bertz CT molecular complexity index is 383. The van der Waals surface area contributed by atoms with Gasteiger partial charge in [-0.1, -0.05) is 23.7 Å². The normalized spacial score (nSPS) is 13.8. The summed E-state index contributed by atoms with van der Waals surface area (Å²) in [5.41, 5.74) is 0.145. The van der Waals surface area contributed by atoms with Crippen molar-refractivity contribution < 1.29 is 22.7 Å². The van der Waals surface area contributed by atoms with E-state index in [0.29, 0.717) is 0 Å². The van der Waals surface area contributed by atoms with Crippen molar-refractivity contribution in [1.29, 1.82) is 0 Å². The third-order valence-corrected chi connectivity index (χ3v) is 2.35. The van der Waals surface area contributed by atoms with E-state index in [4.69, 9.17) is 16.7 Å². The molecule has 0 aliphatic heterocycles. The first-order valence-corrected chi connectivity index (χ1v) is 5.08. The quantitative estimate of drug-likeness (QED) is 0.825. The molecule has 7 heteroatoms. The van der Waals surface area contributed by atoms with Gasteiger partial charge in [-0.05, 0) is 6.07 Å². The van der Waals surface area contributed by atoms with Crippen LogP contribution >= 0.6 is 11.6 Å². The Morgan fingerprint density at radius 1 is 1.35 bits per heavy atom. The largest absolute Gasteiger partial charge is 0.415 e. The molecule has 0 amide bonds. The van der Waals surface area contributed by atoms with Crippen LogP contribution in [-0.2, 0) is 6.54 Å². The van der Waals surface area contributed by atoms with Gasteiger partial charge in [-0.3, -0.25) is 0 Å². The molecule has 0 aliphatic rings. The smallest absolute Gasteiger partial charge is 0.382 e. The number of benzene rings is 1. The number of hydrogen-bond acceptors (Lipinski definition) is 2. The summed E-state index contributed by atoms with van der Waals surface area (Å²) in [7, 11) is 0. The minimum Gasteiger partial charge on any atom is -0.382 e. The van der Waals surface area contributed by atoms with Gasteiger partial charge in [-0.25, -0.2) is 4.39 Å². The van der Waals surface area contributed by atoms with Crippen LogP contribution in [0.2, 0.25) is 5.02 Å². The molecule has 1 rings (SSSR count). The molecule has 1 aromatic carbocycles. The summed E-state index contributed by atoms with van der Waals surface area (Å²) in [5.74, 6) is -0.678. The van der Waals surface area contributed by atoms with Crippen LogP contribution in [0, 0.1) is 5.82 Å². The second-order valence-corrected chi connectivity index (χ2v) is 3.81. The fourth-order valence-corrected chi connectivity index (χ4v) is 1.34. The van der Waals surface area contributed by atoms with E-state index < -0.39 is 24.6 Å². The monoisotopic (exact) mass is 271 g/mol. The molecule has 0 saturated heterocycles. The van der Waals surface area contributed by atoms with Crippen LogP contribution < -0.4 is 5.32 Å². The maximum absolute atomic E-state index is 13.3. The van der Waals surface area contributed by atoms with Gasteiger partial charge in [-0.2, -0.15) is 13.2 Å². The molecule has 0 heterocycles. The first-order valence-electron chi connectivity index (χ1n) is 4.70. The molecule has 0 spiro atoms. The van der Waals surface area contributed by atoms with Crippen LogP contribution in [0.25, 0.3) is 0 Å². The molecule has 1 aromatic rings. The molecule has 0 bridgehead atoms. The van der Waals surface area contributed by atoms with Crippen molar-refractivity contribution in [3.05, 3.63) is 34.6 Å². The Balaban J connectivity index is 2.49. The summed E-state index contributed by atoms with van der Waals surface area (Å²) in [6.45, 7) is -0.838. The second kappa shape index (κ2) is 5.66. The Hall–Kier alpha value is -0.850. The predicted molar refractivity (Wildman–Crippen MR) is 55.2 cm³/mol. The molecule has 2 N–H and O–H groups in total. The molecule has 17 heavy (non-hydrogen) atoms. The SMILES string of the molecule is OC(CNCc1cccc(Cl)c1F)C(F)(F)F. The summed E-state index contributed by atoms with van der Waals surface area (Å²) < 4.78 is 49.1. The molecule has 0 aromatic heterocycles. The number of alkyl halides is 3. The molecule has 1 unspecified atom stereocenters. The topological polar surface area (TPSA) is 32.3 Å². The lowest BCUT2D eigenvalue weighted by Crippen LogP contribution is -2.38. The third-order valence-electron chi connectivity index (χ3n) is 2.06. The van der Waals surface area contributed by atoms with Gasteiger partial charge in [0.1, 0.15) is 5.82 Å². The number of aliphatic hydroxyl groups is 1. The van der Waals surface area contributed by atoms with E-state index in [0.717, 1.165) is 0 Å².